The van der Waals surface area contributed by atoms with Crippen LogP contribution in [-0.2, 0) is 11.2 Å². The van der Waals surface area contributed by atoms with E-state index in [0.717, 1.165) is 54.6 Å². The van der Waals surface area contributed by atoms with E-state index in [0.29, 0.717) is 10.7 Å². The van der Waals surface area contributed by atoms with Gasteiger partial charge in [-0.05, 0) is 36.7 Å². The highest BCUT2D eigenvalue weighted by Gasteiger charge is 2.24. The molecule has 0 bridgehead atoms. The molecule has 1 aliphatic heterocycles. The highest BCUT2D eigenvalue weighted by molar-refractivity contribution is 7.80. The summed E-state index contributed by atoms with van der Waals surface area (Å²) in [5.41, 5.74) is 2.88. The minimum atomic E-state index is -0.309. The van der Waals surface area contributed by atoms with Gasteiger partial charge in [-0.25, -0.2) is 4.79 Å². The molecule has 2 heterocycles. The standard InChI is InChI=1S/C23H29N3O2S2/c1-4-19-17(2)30-21(20(19)22(27)28-3)24-23(29)26-15-13-25(14-16-26)12-8-11-18-9-6-5-7-10-18/h5-11H,4,12-16H2,1-3H3,(H,24,29)/b11-8+. The first-order chi connectivity index (χ1) is 14.5. The number of hydrogen-bond donors (Lipinski definition) is 1. The summed E-state index contributed by atoms with van der Waals surface area (Å²) in [5.74, 6) is -0.309. The van der Waals surface area contributed by atoms with Gasteiger partial charge in [0.25, 0.3) is 0 Å². The third kappa shape index (κ3) is 5.47. The number of methoxy groups -OCH3 is 1. The summed E-state index contributed by atoms with van der Waals surface area (Å²) in [5, 5.41) is 4.77. The van der Waals surface area contributed by atoms with Crippen LogP contribution in [0.5, 0.6) is 0 Å². The zero-order valence-electron chi connectivity index (χ0n) is 17.8. The van der Waals surface area contributed by atoms with Gasteiger partial charge in [0, 0.05) is 37.6 Å². The maximum absolute atomic E-state index is 12.3. The molecule has 5 nitrogen and oxygen atoms in total. The van der Waals surface area contributed by atoms with E-state index in [1.54, 1.807) is 11.3 Å². The number of thiocarbonyl (C=S) groups is 1. The molecule has 0 saturated carbocycles. The number of ether oxygens (including phenoxy) is 1. The summed E-state index contributed by atoms with van der Waals surface area (Å²) in [6.45, 7) is 8.65. The van der Waals surface area contributed by atoms with Crippen molar-refractivity contribution in [3.05, 3.63) is 58.0 Å². The number of nitrogens with zero attached hydrogens (tertiary/aromatic N) is 2. The monoisotopic (exact) mass is 443 g/mol. The summed E-state index contributed by atoms with van der Waals surface area (Å²) >= 11 is 7.22. The number of aryl methyl sites for hydroxylation is 1. The number of carbonyl (C=O) groups excluding carboxylic acids is 1. The lowest BCUT2D eigenvalue weighted by Crippen LogP contribution is -2.49. The van der Waals surface area contributed by atoms with Crippen LogP contribution in [0.3, 0.4) is 0 Å². The molecule has 30 heavy (non-hydrogen) atoms. The van der Waals surface area contributed by atoms with Gasteiger partial charge >= 0.3 is 5.97 Å². The molecule has 7 heteroatoms. The Morgan fingerprint density at radius 1 is 1.23 bits per heavy atom. The Balaban J connectivity index is 1.55. The largest absolute Gasteiger partial charge is 0.465 e. The maximum atomic E-state index is 12.3. The van der Waals surface area contributed by atoms with Crippen molar-refractivity contribution in [1.82, 2.24) is 9.80 Å². The molecule has 0 aliphatic carbocycles. The highest BCUT2D eigenvalue weighted by Crippen LogP contribution is 2.34. The van der Waals surface area contributed by atoms with E-state index in [9.17, 15) is 4.79 Å². The second-order valence-corrected chi connectivity index (χ2v) is 8.83. The van der Waals surface area contributed by atoms with Crippen LogP contribution in [0.25, 0.3) is 6.08 Å². The van der Waals surface area contributed by atoms with Crippen LogP contribution in [-0.4, -0.2) is 60.7 Å². The molecular formula is C23H29N3O2S2. The lowest BCUT2D eigenvalue weighted by molar-refractivity contribution is 0.0601. The third-order valence-electron chi connectivity index (χ3n) is 5.31. The number of carbonyl (C=O) groups is 1. The van der Waals surface area contributed by atoms with E-state index in [1.807, 2.05) is 13.0 Å². The second-order valence-electron chi connectivity index (χ2n) is 7.22. The molecule has 1 N–H and O–H groups in total. The molecule has 1 aromatic heterocycles. The van der Waals surface area contributed by atoms with Gasteiger partial charge in [0.15, 0.2) is 5.11 Å². The van der Waals surface area contributed by atoms with Crippen molar-refractivity contribution in [1.29, 1.82) is 0 Å². The van der Waals surface area contributed by atoms with Crippen molar-refractivity contribution in [2.24, 2.45) is 0 Å². The molecule has 0 radical (unpaired) electrons. The molecule has 2 aromatic rings. The van der Waals surface area contributed by atoms with E-state index in [1.165, 1.54) is 12.7 Å². The zero-order valence-corrected chi connectivity index (χ0v) is 19.4. The Morgan fingerprint density at radius 2 is 1.93 bits per heavy atom. The van der Waals surface area contributed by atoms with Crippen molar-refractivity contribution < 1.29 is 9.53 Å². The smallest absolute Gasteiger partial charge is 0.341 e. The molecule has 0 atom stereocenters. The Morgan fingerprint density at radius 3 is 2.57 bits per heavy atom. The van der Waals surface area contributed by atoms with Crippen LogP contribution in [0, 0.1) is 6.92 Å². The minimum absolute atomic E-state index is 0.309. The first-order valence-electron chi connectivity index (χ1n) is 10.2. The Kier molecular flexibility index (Phi) is 8.01. The van der Waals surface area contributed by atoms with Crippen molar-refractivity contribution in [2.45, 2.75) is 20.3 Å². The van der Waals surface area contributed by atoms with Gasteiger partial charge in [-0.15, -0.1) is 11.3 Å². The predicted molar refractivity (Wildman–Crippen MR) is 129 cm³/mol. The Hall–Kier alpha value is -2.22. The van der Waals surface area contributed by atoms with Gasteiger partial charge in [0.05, 0.1) is 12.7 Å². The van der Waals surface area contributed by atoms with Crippen molar-refractivity contribution in [2.75, 3.05) is 45.2 Å². The lowest BCUT2D eigenvalue weighted by Gasteiger charge is -2.35. The van der Waals surface area contributed by atoms with Crippen LogP contribution >= 0.6 is 23.6 Å². The SMILES string of the molecule is CCc1c(C)sc(NC(=S)N2CCN(C/C=C/c3ccccc3)CC2)c1C(=O)OC. The van der Waals surface area contributed by atoms with Crippen LogP contribution in [0.2, 0.25) is 0 Å². The van der Waals surface area contributed by atoms with Crippen LogP contribution in [0.15, 0.2) is 36.4 Å². The lowest BCUT2D eigenvalue weighted by atomic mass is 10.1. The van der Waals surface area contributed by atoms with Crippen LogP contribution in [0.4, 0.5) is 5.00 Å². The van der Waals surface area contributed by atoms with Gasteiger partial charge in [-0.3, -0.25) is 4.90 Å². The van der Waals surface area contributed by atoms with Crippen LogP contribution < -0.4 is 5.32 Å². The maximum Gasteiger partial charge on any atom is 0.341 e. The summed E-state index contributed by atoms with van der Waals surface area (Å²) in [6, 6.07) is 10.4. The van der Waals surface area contributed by atoms with E-state index in [-0.39, 0.29) is 5.97 Å². The molecule has 0 amide bonds. The molecular weight excluding hydrogens is 414 g/mol. The number of thiophene rings is 1. The summed E-state index contributed by atoms with van der Waals surface area (Å²) < 4.78 is 5.00. The van der Waals surface area contributed by atoms with Gasteiger partial charge in [0.2, 0.25) is 0 Å². The number of nitrogens with one attached hydrogen (secondary N) is 1. The van der Waals surface area contributed by atoms with Crippen molar-refractivity contribution >= 4 is 45.7 Å². The number of piperazine rings is 1. The number of hydrogen-bond acceptors (Lipinski definition) is 5. The number of benzene rings is 1. The number of esters is 1. The van der Waals surface area contributed by atoms with Crippen molar-refractivity contribution in [3.63, 3.8) is 0 Å². The Labute approximate surface area is 188 Å². The first-order valence-corrected chi connectivity index (χ1v) is 11.5. The summed E-state index contributed by atoms with van der Waals surface area (Å²) in [6.07, 6.45) is 5.17. The topological polar surface area (TPSA) is 44.8 Å². The number of rotatable bonds is 6. The third-order valence-corrected chi connectivity index (χ3v) is 6.73. The molecule has 1 saturated heterocycles. The second kappa shape index (κ2) is 10.7. The number of anilines is 1. The summed E-state index contributed by atoms with van der Waals surface area (Å²) in [7, 11) is 1.42. The van der Waals surface area contributed by atoms with E-state index >= 15 is 0 Å². The summed E-state index contributed by atoms with van der Waals surface area (Å²) in [4.78, 5) is 18.0. The van der Waals surface area contributed by atoms with Crippen LogP contribution in [0.1, 0.15) is 33.3 Å². The fourth-order valence-corrected chi connectivity index (χ4v) is 5.10. The molecule has 3 rings (SSSR count). The first kappa shape index (κ1) is 22.5. The predicted octanol–water partition coefficient (Wildman–Crippen LogP) is 4.43. The van der Waals surface area contributed by atoms with Gasteiger partial charge in [-0.1, -0.05) is 49.4 Å². The molecule has 160 valence electrons. The highest BCUT2D eigenvalue weighted by atomic mass is 32.1. The van der Waals surface area contributed by atoms with Crippen molar-refractivity contribution in [3.8, 4) is 0 Å². The quantitative estimate of drug-likeness (QED) is 0.526. The Bertz CT molecular complexity index is 901. The van der Waals surface area contributed by atoms with Gasteiger partial charge < -0.3 is 15.0 Å². The molecule has 0 unspecified atom stereocenters. The average molecular weight is 444 g/mol. The molecule has 1 fully saturated rings. The zero-order chi connectivity index (χ0) is 21.5. The molecule has 0 spiro atoms. The average Bonchev–Trinajstić information content (AvgIpc) is 3.09. The molecule has 1 aromatic carbocycles. The van der Waals surface area contributed by atoms with Gasteiger partial charge in [-0.2, -0.15) is 0 Å². The van der Waals surface area contributed by atoms with E-state index in [2.05, 4.69) is 58.5 Å². The fraction of sp³-hybridized carbons (Fsp3) is 0.391. The minimum Gasteiger partial charge on any atom is -0.465 e. The molecule has 1 aliphatic rings. The van der Waals surface area contributed by atoms with E-state index in [4.69, 9.17) is 17.0 Å². The normalized spacial score (nSPS) is 14.8. The van der Waals surface area contributed by atoms with Gasteiger partial charge in [0.1, 0.15) is 5.00 Å². The van der Waals surface area contributed by atoms with E-state index < -0.39 is 0 Å². The fourth-order valence-electron chi connectivity index (χ4n) is 3.62.